The zero-order valence-electron chi connectivity index (χ0n) is 17.8. The maximum absolute atomic E-state index is 10.9. The van der Waals surface area contributed by atoms with E-state index in [1.54, 1.807) is 7.11 Å². The van der Waals surface area contributed by atoms with Gasteiger partial charge < -0.3 is 24.6 Å². The number of benzene rings is 3. The molecule has 5 heteroatoms. The van der Waals surface area contributed by atoms with Gasteiger partial charge in [-0.15, -0.1) is 0 Å². The third-order valence-corrected chi connectivity index (χ3v) is 6.85. The fraction of sp³-hybridized carbons (Fsp3) is 0.385. The molecule has 3 aromatic carbocycles. The number of methoxy groups -OCH3 is 1. The molecule has 2 aliphatic heterocycles. The number of hydrogen-bond donors (Lipinski definition) is 2. The molecule has 0 bridgehead atoms. The Morgan fingerprint density at radius 1 is 1.06 bits per heavy atom. The largest absolute Gasteiger partial charge is 0.497 e. The number of rotatable bonds is 4. The molecule has 2 N–H and O–H groups in total. The average Bonchev–Trinajstić information content (AvgIpc) is 2.80. The number of likely N-dealkylation sites (tertiary alicyclic amines) is 1. The van der Waals surface area contributed by atoms with Gasteiger partial charge in [0.1, 0.15) is 17.1 Å². The third-order valence-electron chi connectivity index (χ3n) is 6.85. The van der Waals surface area contributed by atoms with Crippen molar-refractivity contribution in [3.8, 4) is 11.5 Å². The molecular formula is C26H29NO4. The van der Waals surface area contributed by atoms with Crippen molar-refractivity contribution in [2.24, 2.45) is 0 Å². The molecule has 5 rings (SSSR count). The van der Waals surface area contributed by atoms with Crippen LogP contribution in [0.3, 0.4) is 0 Å². The normalized spacial score (nSPS) is 21.5. The summed E-state index contributed by atoms with van der Waals surface area (Å²) in [5.74, 6) is 1.63. The molecular weight excluding hydrogens is 390 g/mol. The Morgan fingerprint density at radius 2 is 1.81 bits per heavy atom. The van der Waals surface area contributed by atoms with Gasteiger partial charge in [-0.2, -0.15) is 0 Å². The van der Waals surface area contributed by atoms with Crippen LogP contribution in [-0.4, -0.2) is 47.5 Å². The van der Waals surface area contributed by atoms with E-state index in [9.17, 15) is 10.2 Å². The van der Waals surface area contributed by atoms with Crippen LogP contribution >= 0.6 is 0 Å². The first-order valence-electron chi connectivity index (χ1n) is 11.0. The average molecular weight is 420 g/mol. The Kier molecular flexibility index (Phi) is 5.34. The molecule has 1 fully saturated rings. The maximum Gasteiger partial charge on any atom is 0.133 e. The Labute approximate surface area is 182 Å². The first-order chi connectivity index (χ1) is 15.1. The summed E-state index contributed by atoms with van der Waals surface area (Å²) in [6, 6.07) is 19.8. The predicted octanol–water partition coefficient (Wildman–Crippen LogP) is 4.23. The van der Waals surface area contributed by atoms with E-state index in [1.165, 1.54) is 0 Å². The van der Waals surface area contributed by atoms with Crippen molar-refractivity contribution in [1.82, 2.24) is 4.90 Å². The molecule has 5 nitrogen and oxygen atoms in total. The fourth-order valence-corrected chi connectivity index (χ4v) is 4.98. The Balaban J connectivity index is 1.28. The van der Waals surface area contributed by atoms with Gasteiger partial charge in [0.2, 0.25) is 0 Å². The highest BCUT2D eigenvalue weighted by Crippen LogP contribution is 2.47. The van der Waals surface area contributed by atoms with E-state index in [4.69, 9.17) is 9.47 Å². The van der Waals surface area contributed by atoms with Crippen LogP contribution in [0.5, 0.6) is 11.5 Å². The van der Waals surface area contributed by atoms with Crippen LogP contribution in [0.4, 0.5) is 0 Å². The first-order valence-corrected chi connectivity index (χ1v) is 11.0. The number of piperidine rings is 1. The van der Waals surface area contributed by atoms with Crippen molar-refractivity contribution in [2.45, 2.75) is 37.1 Å². The lowest BCUT2D eigenvalue weighted by Gasteiger charge is -2.46. The number of β-amino-alcohol motifs (C(OH)–C–C–N with tert-alkyl or cyclic N) is 1. The molecule has 31 heavy (non-hydrogen) atoms. The van der Waals surface area contributed by atoms with Crippen LogP contribution in [0.1, 0.15) is 42.6 Å². The van der Waals surface area contributed by atoms with Crippen molar-refractivity contribution in [2.75, 3.05) is 26.7 Å². The summed E-state index contributed by atoms with van der Waals surface area (Å²) in [5.41, 5.74) is 1.44. The Bertz CT molecular complexity index is 1060. The van der Waals surface area contributed by atoms with E-state index in [-0.39, 0.29) is 5.60 Å². The van der Waals surface area contributed by atoms with E-state index in [2.05, 4.69) is 23.1 Å². The van der Waals surface area contributed by atoms with Gasteiger partial charge in [-0.3, -0.25) is 0 Å². The lowest BCUT2D eigenvalue weighted by atomic mass is 9.81. The number of nitrogens with zero attached hydrogens (tertiary/aromatic N) is 1. The van der Waals surface area contributed by atoms with E-state index in [0.717, 1.165) is 59.3 Å². The van der Waals surface area contributed by atoms with Crippen molar-refractivity contribution >= 4 is 10.8 Å². The summed E-state index contributed by atoms with van der Waals surface area (Å²) in [5, 5.41) is 23.8. The van der Waals surface area contributed by atoms with Crippen molar-refractivity contribution in [3.63, 3.8) is 0 Å². The van der Waals surface area contributed by atoms with Gasteiger partial charge in [-0.25, -0.2) is 0 Å². The van der Waals surface area contributed by atoms with Gasteiger partial charge >= 0.3 is 0 Å². The highest BCUT2D eigenvalue weighted by molar-refractivity contribution is 5.90. The number of aliphatic hydroxyl groups is 2. The Hall–Kier alpha value is -2.60. The van der Waals surface area contributed by atoms with Crippen molar-refractivity contribution in [1.29, 1.82) is 0 Å². The second-order valence-electron chi connectivity index (χ2n) is 8.80. The molecule has 2 atom stereocenters. The second-order valence-corrected chi connectivity index (χ2v) is 8.80. The van der Waals surface area contributed by atoms with Crippen LogP contribution < -0.4 is 9.47 Å². The number of aliphatic hydroxyl groups excluding tert-OH is 2. The number of ether oxygens (including phenoxy) is 2. The minimum absolute atomic E-state index is 0.349. The molecule has 0 radical (unpaired) electrons. The molecule has 0 amide bonds. The lowest BCUT2D eigenvalue weighted by Crippen LogP contribution is -2.51. The SMILES string of the molecule is COc1ccc([C@H](O)CN2CCC3(CC2)C[C@H](O)c2ccc4ccccc4c2O3)cc1. The summed E-state index contributed by atoms with van der Waals surface area (Å²) in [6.45, 7) is 2.25. The Morgan fingerprint density at radius 3 is 2.55 bits per heavy atom. The van der Waals surface area contributed by atoms with Gasteiger partial charge in [-0.1, -0.05) is 48.5 Å². The summed E-state index contributed by atoms with van der Waals surface area (Å²) in [7, 11) is 1.64. The summed E-state index contributed by atoms with van der Waals surface area (Å²) < 4.78 is 11.8. The van der Waals surface area contributed by atoms with Gasteiger partial charge in [0, 0.05) is 37.0 Å². The lowest BCUT2D eigenvalue weighted by molar-refractivity contribution is -0.0577. The maximum atomic E-state index is 10.9. The highest BCUT2D eigenvalue weighted by Gasteiger charge is 2.43. The molecule has 2 heterocycles. The zero-order valence-corrected chi connectivity index (χ0v) is 17.8. The van der Waals surface area contributed by atoms with Crippen molar-refractivity contribution in [3.05, 3.63) is 71.8 Å². The van der Waals surface area contributed by atoms with Crippen LogP contribution in [0.15, 0.2) is 60.7 Å². The zero-order chi connectivity index (χ0) is 21.4. The fourth-order valence-electron chi connectivity index (χ4n) is 4.98. The van der Waals surface area contributed by atoms with Crippen LogP contribution in [-0.2, 0) is 0 Å². The smallest absolute Gasteiger partial charge is 0.133 e. The quantitative estimate of drug-likeness (QED) is 0.663. The van der Waals surface area contributed by atoms with Gasteiger partial charge in [0.15, 0.2) is 0 Å². The van der Waals surface area contributed by atoms with E-state index >= 15 is 0 Å². The molecule has 1 saturated heterocycles. The second kappa shape index (κ2) is 8.15. The topological polar surface area (TPSA) is 62.2 Å². The van der Waals surface area contributed by atoms with E-state index in [1.807, 2.05) is 42.5 Å². The monoisotopic (exact) mass is 419 g/mol. The molecule has 162 valence electrons. The molecule has 2 aliphatic rings. The standard InChI is InChI=1S/C26H29NO4/c1-30-20-9-6-19(7-10-20)24(29)17-27-14-12-26(13-15-27)16-23(28)22-11-8-18-4-2-3-5-21(18)25(22)31-26/h2-11,23-24,28-29H,12-17H2,1H3/t23-,24+/m0/s1. The van der Waals surface area contributed by atoms with Gasteiger partial charge in [0.05, 0.1) is 19.3 Å². The first kappa shape index (κ1) is 20.3. The molecule has 3 aromatic rings. The molecule has 1 spiro atoms. The van der Waals surface area contributed by atoms with Crippen LogP contribution in [0, 0.1) is 0 Å². The van der Waals surface area contributed by atoms with Crippen molar-refractivity contribution < 1.29 is 19.7 Å². The molecule has 0 aromatic heterocycles. The summed E-state index contributed by atoms with van der Waals surface area (Å²) in [6.07, 6.45) is 1.24. The van der Waals surface area contributed by atoms with E-state index in [0.29, 0.717) is 13.0 Å². The summed E-state index contributed by atoms with van der Waals surface area (Å²) in [4.78, 5) is 2.29. The van der Waals surface area contributed by atoms with Gasteiger partial charge in [-0.05, 0) is 35.9 Å². The number of hydrogen-bond acceptors (Lipinski definition) is 5. The molecule has 0 unspecified atom stereocenters. The minimum Gasteiger partial charge on any atom is -0.497 e. The summed E-state index contributed by atoms with van der Waals surface area (Å²) >= 11 is 0. The highest BCUT2D eigenvalue weighted by atomic mass is 16.5. The van der Waals surface area contributed by atoms with Crippen LogP contribution in [0.2, 0.25) is 0 Å². The van der Waals surface area contributed by atoms with Gasteiger partial charge in [0.25, 0.3) is 0 Å². The van der Waals surface area contributed by atoms with Crippen LogP contribution in [0.25, 0.3) is 10.8 Å². The third kappa shape index (κ3) is 3.89. The molecule has 0 saturated carbocycles. The van der Waals surface area contributed by atoms with E-state index < -0.39 is 12.2 Å². The predicted molar refractivity (Wildman–Crippen MR) is 121 cm³/mol. The number of fused-ring (bicyclic) bond motifs is 3. The minimum atomic E-state index is -0.539. The molecule has 0 aliphatic carbocycles.